The third-order valence-electron chi connectivity index (χ3n) is 2.97. The Morgan fingerprint density at radius 3 is 2.53 bits per heavy atom. The highest BCUT2D eigenvalue weighted by molar-refractivity contribution is 14.0. The fourth-order valence-corrected chi connectivity index (χ4v) is 1.72. The SMILES string of the molecule is CN=C(NCCCOCC(C)C)NCCC1CC1.I. The number of aliphatic imine (C=N–C) groups is 1. The lowest BCUT2D eigenvalue weighted by atomic mass is 10.2. The van der Waals surface area contributed by atoms with Crippen molar-refractivity contribution in [3.8, 4) is 0 Å². The fourth-order valence-electron chi connectivity index (χ4n) is 1.72. The minimum Gasteiger partial charge on any atom is -0.381 e. The maximum Gasteiger partial charge on any atom is 0.190 e. The monoisotopic (exact) mass is 383 g/mol. The van der Waals surface area contributed by atoms with Gasteiger partial charge < -0.3 is 15.4 Å². The number of nitrogens with one attached hydrogen (secondary N) is 2. The van der Waals surface area contributed by atoms with Gasteiger partial charge in [0.1, 0.15) is 0 Å². The van der Waals surface area contributed by atoms with E-state index in [1.54, 1.807) is 0 Å². The molecule has 0 radical (unpaired) electrons. The van der Waals surface area contributed by atoms with Gasteiger partial charge in [-0.25, -0.2) is 0 Å². The molecular weight excluding hydrogens is 353 g/mol. The molecule has 114 valence electrons. The Morgan fingerprint density at radius 1 is 1.26 bits per heavy atom. The first-order valence-corrected chi connectivity index (χ1v) is 7.24. The van der Waals surface area contributed by atoms with E-state index in [1.807, 2.05) is 7.05 Å². The van der Waals surface area contributed by atoms with Crippen molar-refractivity contribution in [3.63, 3.8) is 0 Å². The first-order valence-electron chi connectivity index (χ1n) is 7.24. The van der Waals surface area contributed by atoms with E-state index in [9.17, 15) is 0 Å². The van der Waals surface area contributed by atoms with Gasteiger partial charge in [0.05, 0.1) is 0 Å². The van der Waals surface area contributed by atoms with Crippen LogP contribution in [0.2, 0.25) is 0 Å². The van der Waals surface area contributed by atoms with Crippen LogP contribution >= 0.6 is 24.0 Å². The highest BCUT2D eigenvalue weighted by atomic mass is 127. The van der Waals surface area contributed by atoms with Crippen LogP contribution in [0.25, 0.3) is 0 Å². The third kappa shape index (κ3) is 11.5. The van der Waals surface area contributed by atoms with E-state index >= 15 is 0 Å². The summed E-state index contributed by atoms with van der Waals surface area (Å²) in [5.41, 5.74) is 0. The molecule has 19 heavy (non-hydrogen) atoms. The van der Waals surface area contributed by atoms with Crippen molar-refractivity contribution >= 4 is 29.9 Å². The maximum atomic E-state index is 5.53. The van der Waals surface area contributed by atoms with Crippen LogP contribution in [0.1, 0.15) is 39.5 Å². The smallest absolute Gasteiger partial charge is 0.190 e. The third-order valence-corrected chi connectivity index (χ3v) is 2.97. The Morgan fingerprint density at radius 2 is 1.95 bits per heavy atom. The summed E-state index contributed by atoms with van der Waals surface area (Å²) in [6, 6.07) is 0. The van der Waals surface area contributed by atoms with Gasteiger partial charge in [0.15, 0.2) is 5.96 Å². The van der Waals surface area contributed by atoms with Crippen molar-refractivity contribution in [2.75, 3.05) is 33.4 Å². The van der Waals surface area contributed by atoms with Gasteiger partial charge in [-0.3, -0.25) is 4.99 Å². The number of nitrogens with zero attached hydrogens (tertiary/aromatic N) is 1. The number of halogens is 1. The molecule has 0 saturated heterocycles. The van der Waals surface area contributed by atoms with Crippen LogP contribution in [-0.4, -0.2) is 39.3 Å². The summed E-state index contributed by atoms with van der Waals surface area (Å²) in [7, 11) is 1.82. The molecule has 0 aliphatic heterocycles. The van der Waals surface area contributed by atoms with Gasteiger partial charge in [-0.05, 0) is 24.7 Å². The van der Waals surface area contributed by atoms with Crippen LogP contribution in [-0.2, 0) is 4.74 Å². The highest BCUT2D eigenvalue weighted by Gasteiger charge is 2.20. The zero-order valence-corrected chi connectivity index (χ0v) is 14.9. The summed E-state index contributed by atoms with van der Waals surface area (Å²) in [4.78, 5) is 4.20. The van der Waals surface area contributed by atoms with Gasteiger partial charge in [-0.1, -0.05) is 26.7 Å². The standard InChI is InChI=1S/C14H29N3O.HI/c1-12(2)11-18-10-4-8-16-14(15-3)17-9-7-13-5-6-13;/h12-13H,4-11H2,1-3H3,(H2,15,16,17);1H. The minimum absolute atomic E-state index is 0. The largest absolute Gasteiger partial charge is 0.381 e. The van der Waals surface area contributed by atoms with Gasteiger partial charge in [0.2, 0.25) is 0 Å². The highest BCUT2D eigenvalue weighted by Crippen LogP contribution is 2.31. The summed E-state index contributed by atoms with van der Waals surface area (Å²) in [6.07, 6.45) is 5.13. The van der Waals surface area contributed by atoms with Crippen molar-refractivity contribution in [1.82, 2.24) is 10.6 Å². The number of hydrogen-bond acceptors (Lipinski definition) is 2. The van der Waals surface area contributed by atoms with E-state index in [-0.39, 0.29) is 24.0 Å². The average molecular weight is 383 g/mol. The van der Waals surface area contributed by atoms with Crippen LogP contribution in [0.5, 0.6) is 0 Å². The minimum atomic E-state index is 0. The Hall–Kier alpha value is -0.0400. The number of hydrogen-bond donors (Lipinski definition) is 2. The average Bonchev–Trinajstić information content (AvgIpc) is 3.14. The number of guanidine groups is 1. The maximum absolute atomic E-state index is 5.53. The molecule has 5 heteroatoms. The van der Waals surface area contributed by atoms with E-state index in [0.717, 1.165) is 44.6 Å². The first kappa shape index (κ1) is 19.0. The fraction of sp³-hybridized carbons (Fsp3) is 0.929. The van der Waals surface area contributed by atoms with Gasteiger partial charge >= 0.3 is 0 Å². The van der Waals surface area contributed by atoms with Crippen LogP contribution in [0.4, 0.5) is 0 Å². The molecule has 1 saturated carbocycles. The topological polar surface area (TPSA) is 45.7 Å². The quantitative estimate of drug-likeness (QED) is 0.279. The van der Waals surface area contributed by atoms with Crippen LogP contribution in [0.3, 0.4) is 0 Å². The van der Waals surface area contributed by atoms with Crippen molar-refractivity contribution in [1.29, 1.82) is 0 Å². The predicted octanol–water partition coefficient (Wildman–Crippen LogP) is 2.63. The van der Waals surface area contributed by atoms with Gasteiger partial charge in [-0.15, -0.1) is 24.0 Å². The van der Waals surface area contributed by atoms with E-state index in [4.69, 9.17) is 4.74 Å². The molecule has 0 unspecified atom stereocenters. The summed E-state index contributed by atoms with van der Waals surface area (Å²) in [6.45, 7) is 7.97. The molecule has 0 heterocycles. The Balaban J connectivity index is 0.00000324. The summed E-state index contributed by atoms with van der Waals surface area (Å²) in [5, 5.41) is 6.66. The summed E-state index contributed by atoms with van der Waals surface area (Å²) >= 11 is 0. The molecule has 0 aromatic rings. The molecule has 0 atom stereocenters. The van der Waals surface area contributed by atoms with E-state index < -0.39 is 0 Å². The lowest BCUT2D eigenvalue weighted by molar-refractivity contribution is 0.108. The van der Waals surface area contributed by atoms with Gasteiger partial charge in [0.25, 0.3) is 0 Å². The number of rotatable bonds is 9. The molecule has 0 spiro atoms. The lowest BCUT2D eigenvalue weighted by Crippen LogP contribution is -2.38. The molecule has 0 aromatic heterocycles. The van der Waals surface area contributed by atoms with Crippen molar-refractivity contribution < 1.29 is 4.74 Å². The number of ether oxygens (including phenoxy) is 1. The normalized spacial score (nSPS) is 15.3. The van der Waals surface area contributed by atoms with Crippen molar-refractivity contribution in [2.45, 2.75) is 39.5 Å². The summed E-state index contributed by atoms with van der Waals surface area (Å²) < 4.78 is 5.53. The molecule has 1 aliphatic rings. The Labute approximate surface area is 135 Å². The molecule has 4 nitrogen and oxygen atoms in total. The van der Waals surface area contributed by atoms with Crippen LogP contribution in [0, 0.1) is 11.8 Å². The first-order chi connectivity index (χ1) is 8.72. The molecule has 1 rings (SSSR count). The predicted molar refractivity (Wildman–Crippen MR) is 92.4 cm³/mol. The molecular formula is C14H30IN3O. The van der Waals surface area contributed by atoms with Gasteiger partial charge in [0, 0.05) is 33.4 Å². The van der Waals surface area contributed by atoms with Crippen LogP contribution < -0.4 is 10.6 Å². The van der Waals surface area contributed by atoms with E-state index in [0.29, 0.717) is 5.92 Å². The molecule has 0 bridgehead atoms. The van der Waals surface area contributed by atoms with Gasteiger partial charge in [-0.2, -0.15) is 0 Å². The molecule has 2 N–H and O–H groups in total. The van der Waals surface area contributed by atoms with E-state index in [1.165, 1.54) is 19.3 Å². The van der Waals surface area contributed by atoms with Crippen LogP contribution in [0.15, 0.2) is 4.99 Å². The van der Waals surface area contributed by atoms with Crippen molar-refractivity contribution in [2.24, 2.45) is 16.8 Å². The van der Waals surface area contributed by atoms with Crippen molar-refractivity contribution in [3.05, 3.63) is 0 Å². The van der Waals surface area contributed by atoms with E-state index in [2.05, 4.69) is 29.5 Å². The molecule has 0 aromatic carbocycles. The zero-order chi connectivity index (χ0) is 13.2. The zero-order valence-electron chi connectivity index (χ0n) is 12.6. The Bertz CT molecular complexity index is 243. The second kappa shape index (κ2) is 11.8. The molecule has 0 amide bonds. The molecule has 1 aliphatic carbocycles. The lowest BCUT2D eigenvalue weighted by Gasteiger charge is -2.12. The summed E-state index contributed by atoms with van der Waals surface area (Å²) in [5.74, 6) is 2.51. The Kier molecular flexibility index (Phi) is 11.7. The second-order valence-electron chi connectivity index (χ2n) is 5.48. The molecule has 1 fully saturated rings. The second-order valence-corrected chi connectivity index (χ2v) is 5.48.